The number of halogens is 2. The van der Waals surface area contributed by atoms with Gasteiger partial charge in [0.15, 0.2) is 5.78 Å². The van der Waals surface area contributed by atoms with Crippen molar-refractivity contribution in [3.05, 3.63) is 62.2 Å². The fourth-order valence-electron chi connectivity index (χ4n) is 1.92. The van der Waals surface area contributed by atoms with Crippen LogP contribution in [0.1, 0.15) is 21.8 Å². The number of methoxy groups -OCH3 is 1. The molecule has 2 aromatic rings. The van der Waals surface area contributed by atoms with Crippen LogP contribution in [0, 0.1) is 14.9 Å². The van der Waals surface area contributed by atoms with Crippen molar-refractivity contribution in [2.75, 3.05) is 7.11 Å². The minimum Gasteiger partial charge on any atom is -0.497 e. The normalized spacial score (nSPS) is 11.5. The van der Waals surface area contributed by atoms with E-state index in [0.29, 0.717) is 21.9 Å². The molecule has 5 heteroatoms. The van der Waals surface area contributed by atoms with Gasteiger partial charge in [-0.1, -0.05) is 23.7 Å². The van der Waals surface area contributed by atoms with E-state index in [-0.39, 0.29) is 5.78 Å². The van der Waals surface area contributed by atoms with E-state index in [4.69, 9.17) is 16.3 Å². The molecule has 2 aromatic carbocycles. The van der Waals surface area contributed by atoms with Gasteiger partial charge in [0.05, 0.1) is 13.2 Å². The summed E-state index contributed by atoms with van der Waals surface area (Å²) in [5.41, 5.74) is 1.10. The molecular formula is C16H11ClINO2. The predicted octanol–water partition coefficient (Wildman–Crippen LogP) is 4.44. The molecule has 0 amide bonds. The van der Waals surface area contributed by atoms with Crippen molar-refractivity contribution >= 4 is 40.0 Å². The Labute approximate surface area is 141 Å². The third kappa shape index (κ3) is 3.55. The van der Waals surface area contributed by atoms with Crippen LogP contribution in [-0.2, 0) is 0 Å². The van der Waals surface area contributed by atoms with E-state index in [1.807, 2.05) is 0 Å². The van der Waals surface area contributed by atoms with E-state index >= 15 is 0 Å². The van der Waals surface area contributed by atoms with Gasteiger partial charge in [-0.3, -0.25) is 4.79 Å². The van der Waals surface area contributed by atoms with Gasteiger partial charge < -0.3 is 4.74 Å². The van der Waals surface area contributed by atoms with Crippen molar-refractivity contribution < 1.29 is 9.53 Å². The highest BCUT2D eigenvalue weighted by molar-refractivity contribution is 14.1. The largest absolute Gasteiger partial charge is 0.497 e. The van der Waals surface area contributed by atoms with Gasteiger partial charge in [0, 0.05) is 14.2 Å². The molecule has 1 unspecified atom stereocenters. The smallest absolute Gasteiger partial charge is 0.185 e. The van der Waals surface area contributed by atoms with Crippen LogP contribution >= 0.6 is 34.2 Å². The summed E-state index contributed by atoms with van der Waals surface area (Å²) < 4.78 is 5.85. The number of carbonyl (C=O) groups excluding carboxylic acids is 1. The highest BCUT2D eigenvalue weighted by atomic mass is 127. The molecule has 106 valence electrons. The third-order valence-electron chi connectivity index (χ3n) is 3.03. The molecule has 0 aliphatic rings. The van der Waals surface area contributed by atoms with Crippen LogP contribution in [0.2, 0.25) is 5.02 Å². The number of hydrogen-bond acceptors (Lipinski definition) is 3. The Morgan fingerprint density at radius 1 is 1.29 bits per heavy atom. The summed E-state index contributed by atoms with van der Waals surface area (Å²) in [5, 5.41) is 9.84. The van der Waals surface area contributed by atoms with Crippen molar-refractivity contribution in [3.63, 3.8) is 0 Å². The van der Waals surface area contributed by atoms with Gasteiger partial charge >= 0.3 is 0 Å². The molecule has 3 nitrogen and oxygen atoms in total. The number of nitriles is 1. The van der Waals surface area contributed by atoms with Crippen molar-refractivity contribution in [3.8, 4) is 11.8 Å². The molecule has 0 aliphatic carbocycles. The van der Waals surface area contributed by atoms with Crippen LogP contribution in [0.15, 0.2) is 42.5 Å². The second-order valence-corrected chi connectivity index (χ2v) is 5.92. The van der Waals surface area contributed by atoms with Gasteiger partial charge in [0.25, 0.3) is 0 Å². The lowest BCUT2D eigenvalue weighted by Gasteiger charge is -2.11. The Morgan fingerprint density at radius 2 is 1.95 bits per heavy atom. The molecule has 21 heavy (non-hydrogen) atoms. The second kappa shape index (κ2) is 6.92. The van der Waals surface area contributed by atoms with Gasteiger partial charge in [0.2, 0.25) is 0 Å². The predicted molar refractivity (Wildman–Crippen MR) is 89.8 cm³/mol. The Morgan fingerprint density at radius 3 is 2.52 bits per heavy atom. The minimum absolute atomic E-state index is 0.255. The van der Waals surface area contributed by atoms with Crippen molar-refractivity contribution in [2.45, 2.75) is 5.92 Å². The monoisotopic (exact) mass is 411 g/mol. The summed E-state index contributed by atoms with van der Waals surface area (Å²) in [6.07, 6.45) is 0. The average Bonchev–Trinajstić information content (AvgIpc) is 2.51. The van der Waals surface area contributed by atoms with Crippen LogP contribution in [0.4, 0.5) is 0 Å². The summed E-state index contributed by atoms with van der Waals surface area (Å²) in [6, 6.07) is 14.1. The third-order valence-corrected chi connectivity index (χ3v) is 4.21. The van der Waals surface area contributed by atoms with E-state index in [1.54, 1.807) is 49.6 Å². The molecule has 0 spiro atoms. The quantitative estimate of drug-likeness (QED) is 0.552. The molecule has 0 saturated heterocycles. The summed E-state index contributed by atoms with van der Waals surface area (Å²) in [6.45, 7) is 0. The van der Waals surface area contributed by atoms with Crippen molar-refractivity contribution in [1.29, 1.82) is 5.26 Å². The van der Waals surface area contributed by atoms with Crippen LogP contribution < -0.4 is 4.74 Å². The first kappa shape index (κ1) is 15.8. The Kier molecular flexibility index (Phi) is 5.21. The maximum atomic E-state index is 12.6. The maximum Gasteiger partial charge on any atom is 0.185 e. The lowest BCUT2D eigenvalue weighted by molar-refractivity contribution is 0.0978. The average molecular weight is 412 g/mol. The molecule has 1 atom stereocenters. The maximum absolute atomic E-state index is 12.6. The molecule has 0 bridgehead atoms. The van der Waals surface area contributed by atoms with Gasteiger partial charge in [-0.2, -0.15) is 5.26 Å². The lowest BCUT2D eigenvalue weighted by Crippen LogP contribution is -2.12. The number of ketones is 1. The molecule has 0 heterocycles. The van der Waals surface area contributed by atoms with E-state index < -0.39 is 5.92 Å². The van der Waals surface area contributed by atoms with Crippen LogP contribution in [0.25, 0.3) is 0 Å². The second-order valence-electron chi connectivity index (χ2n) is 4.32. The highest BCUT2D eigenvalue weighted by Crippen LogP contribution is 2.26. The number of hydrogen-bond donors (Lipinski definition) is 0. The number of carbonyl (C=O) groups is 1. The zero-order valence-corrected chi connectivity index (χ0v) is 14.1. The molecule has 0 radical (unpaired) electrons. The fourth-order valence-corrected chi connectivity index (χ4v) is 2.70. The molecule has 0 aliphatic heterocycles. The summed E-state index contributed by atoms with van der Waals surface area (Å²) >= 11 is 8.00. The number of Topliss-reactive ketones (excluding diaryl/α,β-unsaturated/α-hetero) is 1. The Balaban J connectivity index is 2.38. The van der Waals surface area contributed by atoms with Gasteiger partial charge in [-0.05, 0) is 58.5 Å². The van der Waals surface area contributed by atoms with Crippen LogP contribution in [0.3, 0.4) is 0 Å². The molecule has 2 rings (SSSR count). The Bertz CT molecular complexity index is 707. The van der Waals surface area contributed by atoms with Crippen molar-refractivity contribution in [1.82, 2.24) is 0 Å². The Hall–Kier alpha value is -1.58. The molecular weight excluding hydrogens is 401 g/mol. The first-order valence-corrected chi connectivity index (χ1v) is 7.55. The first-order valence-electron chi connectivity index (χ1n) is 6.09. The van der Waals surface area contributed by atoms with E-state index in [9.17, 15) is 10.1 Å². The topological polar surface area (TPSA) is 50.1 Å². The minimum atomic E-state index is -0.858. The molecule has 0 N–H and O–H groups in total. The van der Waals surface area contributed by atoms with E-state index in [2.05, 4.69) is 28.7 Å². The van der Waals surface area contributed by atoms with Gasteiger partial charge in [0.1, 0.15) is 11.7 Å². The summed E-state index contributed by atoms with van der Waals surface area (Å²) in [7, 11) is 1.57. The van der Waals surface area contributed by atoms with E-state index in [0.717, 1.165) is 3.57 Å². The van der Waals surface area contributed by atoms with E-state index in [1.165, 1.54) is 0 Å². The van der Waals surface area contributed by atoms with Gasteiger partial charge in [-0.15, -0.1) is 0 Å². The molecule has 0 saturated carbocycles. The zero-order chi connectivity index (χ0) is 15.4. The number of benzene rings is 2. The molecule has 0 aromatic heterocycles. The fraction of sp³-hybridized carbons (Fsp3) is 0.125. The lowest BCUT2D eigenvalue weighted by atomic mass is 9.92. The number of rotatable bonds is 4. The number of nitrogens with zero attached hydrogens (tertiary/aromatic N) is 1. The number of ether oxygens (including phenoxy) is 1. The van der Waals surface area contributed by atoms with Crippen LogP contribution in [-0.4, -0.2) is 12.9 Å². The summed E-state index contributed by atoms with van der Waals surface area (Å²) in [4.78, 5) is 12.6. The van der Waals surface area contributed by atoms with Crippen molar-refractivity contribution in [2.24, 2.45) is 0 Å². The first-order chi connectivity index (χ1) is 10.1. The van der Waals surface area contributed by atoms with Gasteiger partial charge in [-0.25, -0.2) is 0 Å². The molecule has 0 fully saturated rings. The van der Waals surface area contributed by atoms with Crippen LogP contribution in [0.5, 0.6) is 5.75 Å². The SMILES string of the molecule is COc1ccc(C(C#N)C(=O)c2cc(Cl)ccc2I)cc1. The highest BCUT2D eigenvalue weighted by Gasteiger charge is 2.23. The summed E-state index contributed by atoms with van der Waals surface area (Å²) in [5.74, 6) is -0.433. The standard InChI is InChI=1S/C16H11ClINO2/c1-21-12-5-2-10(3-6-12)14(9-19)16(20)13-8-11(17)4-7-15(13)18/h2-8,14H,1H3. The zero-order valence-electron chi connectivity index (χ0n) is 11.1.